The Kier molecular flexibility index (Phi) is 3.66. The van der Waals surface area contributed by atoms with Crippen molar-refractivity contribution in [3.63, 3.8) is 0 Å². The molecule has 2 rings (SSSR count). The highest BCUT2D eigenvalue weighted by atomic mass is 16.5. The van der Waals surface area contributed by atoms with Gasteiger partial charge in [-0.1, -0.05) is 0 Å². The van der Waals surface area contributed by atoms with Gasteiger partial charge in [0.15, 0.2) is 5.78 Å². The molecule has 0 unspecified atom stereocenters. The lowest BCUT2D eigenvalue weighted by atomic mass is 9.95. The Balaban J connectivity index is 2.57. The van der Waals surface area contributed by atoms with E-state index in [-0.39, 0.29) is 5.78 Å². The van der Waals surface area contributed by atoms with E-state index in [1.807, 2.05) is 46.9 Å². The molecule has 106 valence electrons. The zero-order chi connectivity index (χ0) is 15.0. The third kappa shape index (κ3) is 2.22. The molecule has 20 heavy (non-hydrogen) atoms. The predicted octanol–water partition coefficient (Wildman–Crippen LogP) is 2.89. The maximum absolute atomic E-state index is 12.8. The second-order valence-corrected chi connectivity index (χ2v) is 5.14. The van der Waals surface area contributed by atoms with Crippen molar-refractivity contribution in [2.45, 2.75) is 27.7 Å². The second kappa shape index (κ2) is 5.12. The molecule has 0 radical (unpaired) electrons. The molecule has 0 bridgehead atoms. The molecular weight excluding hydrogens is 252 g/mol. The van der Waals surface area contributed by atoms with Crippen LogP contribution in [-0.2, 0) is 7.05 Å². The molecule has 0 aliphatic rings. The van der Waals surface area contributed by atoms with Crippen molar-refractivity contribution in [1.82, 2.24) is 9.78 Å². The van der Waals surface area contributed by atoms with Crippen LogP contribution in [0.2, 0.25) is 0 Å². The van der Waals surface area contributed by atoms with Gasteiger partial charge in [-0.25, -0.2) is 0 Å². The number of carbonyl (C=O) groups excluding carboxylic acids is 1. The van der Waals surface area contributed by atoms with Crippen LogP contribution in [0.25, 0.3) is 0 Å². The molecule has 0 atom stereocenters. The van der Waals surface area contributed by atoms with Gasteiger partial charge in [0.25, 0.3) is 0 Å². The van der Waals surface area contributed by atoms with Crippen molar-refractivity contribution in [3.8, 4) is 5.75 Å². The molecule has 0 saturated heterocycles. The van der Waals surface area contributed by atoms with Crippen molar-refractivity contribution in [3.05, 3.63) is 45.8 Å². The monoisotopic (exact) mass is 272 g/mol. The van der Waals surface area contributed by atoms with Crippen molar-refractivity contribution in [1.29, 1.82) is 0 Å². The summed E-state index contributed by atoms with van der Waals surface area (Å²) < 4.78 is 7.03. The Morgan fingerprint density at radius 2 is 1.80 bits per heavy atom. The van der Waals surface area contributed by atoms with Crippen LogP contribution in [0.15, 0.2) is 12.1 Å². The van der Waals surface area contributed by atoms with E-state index in [9.17, 15) is 4.79 Å². The second-order valence-electron chi connectivity index (χ2n) is 5.14. The molecule has 0 aliphatic carbocycles. The highest BCUT2D eigenvalue weighted by Crippen LogP contribution is 2.26. The first-order chi connectivity index (χ1) is 9.36. The van der Waals surface area contributed by atoms with Gasteiger partial charge in [0.2, 0.25) is 0 Å². The third-order valence-electron chi connectivity index (χ3n) is 3.72. The summed E-state index contributed by atoms with van der Waals surface area (Å²) in [4.78, 5) is 12.8. The van der Waals surface area contributed by atoms with Crippen LogP contribution in [0.3, 0.4) is 0 Å². The van der Waals surface area contributed by atoms with Crippen LogP contribution in [0.4, 0.5) is 0 Å². The molecule has 0 spiro atoms. The van der Waals surface area contributed by atoms with Crippen molar-refractivity contribution in [2.75, 3.05) is 7.11 Å². The molecule has 1 aromatic heterocycles. The Labute approximate surface area is 119 Å². The van der Waals surface area contributed by atoms with Gasteiger partial charge in [0.1, 0.15) is 5.75 Å². The van der Waals surface area contributed by atoms with E-state index in [0.717, 1.165) is 28.3 Å². The Morgan fingerprint density at radius 3 is 2.30 bits per heavy atom. The number of nitrogens with zero attached hydrogens (tertiary/aromatic N) is 2. The summed E-state index contributed by atoms with van der Waals surface area (Å²) in [5.41, 5.74) is 4.94. The van der Waals surface area contributed by atoms with E-state index in [1.54, 1.807) is 11.8 Å². The van der Waals surface area contributed by atoms with Crippen LogP contribution in [0.5, 0.6) is 5.75 Å². The van der Waals surface area contributed by atoms with E-state index in [1.165, 1.54) is 0 Å². The van der Waals surface area contributed by atoms with Gasteiger partial charge in [0.05, 0.1) is 18.4 Å². The predicted molar refractivity (Wildman–Crippen MR) is 78.6 cm³/mol. The highest BCUT2D eigenvalue weighted by Gasteiger charge is 2.21. The summed E-state index contributed by atoms with van der Waals surface area (Å²) in [6.07, 6.45) is 0. The maximum Gasteiger partial charge on any atom is 0.197 e. The van der Waals surface area contributed by atoms with E-state index in [4.69, 9.17) is 4.74 Å². The fraction of sp³-hybridized carbons (Fsp3) is 0.375. The lowest BCUT2D eigenvalue weighted by Crippen LogP contribution is -2.07. The molecule has 4 nitrogen and oxygen atoms in total. The number of hydrogen-bond acceptors (Lipinski definition) is 3. The van der Waals surface area contributed by atoms with Gasteiger partial charge in [-0.05, 0) is 51.0 Å². The standard InChI is InChI=1S/C16H20N2O2/c1-9-8-14(20-6)10(2)7-13(9)16(19)15-11(3)17-18(5)12(15)4/h7-8H,1-6H3. The maximum atomic E-state index is 12.8. The van der Waals surface area contributed by atoms with E-state index >= 15 is 0 Å². The van der Waals surface area contributed by atoms with Gasteiger partial charge < -0.3 is 4.74 Å². The molecular formula is C16H20N2O2. The van der Waals surface area contributed by atoms with E-state index < -0.39 is 0 Å². The van der Waals surface area contributed by atoms with Crippen LogP contribution in [0, 0.1) is 27.7 Å². The number of methoxy groups -OCH3 is 1. The van der Waals surface area contributed by atoms with Crippen LogP contribution in [-0.4, -0.2) is 22.7 Å². The zero-order valence-electron chi connectivity index (χ0n) is 12.9. The quantitative estimate of drug-likeness (QED) is 0.807. The number of hydrogen-bond donors (Lipinski definition) is 0. The minimum absolute atomic E-state index is 0.0244. The number of ether oxygens (including phenoxy) is 1. The van der Waals surface area contributed by atoms with Gasteiger partial charge >= 0.3 is 0 Å². The lowest BCUT2D eigenvalue weighted by Gasteiger charge is -2.11. The van der Waals surface area contributed by atoms with Gasteiger partial charge in [-0.2, -0.15) is 5.10 Å². The smallest absolute Gasteiger partial charge is 0.197 e. The Morgan fingerprint density at radius 1 is 1.15 bits per heavy atom. The first-order valence-corrected chi connectivity index (χ1v) is 6.57. The van der Waals surface area contributed by atoms with Gasteiger partial charge in [-0.3, -0.25) is 9.48 Å². The van der Waals surface area contributed by atoms with Crippen LogP contribution < -0.4 is 4.74 Å². The van der Waals surface area contributed by atoms with Gasteiger partial charge in [0, 0.05) is 18.3 Å². The first kappa shape index (κ1) is 14.3. The summed E-state index contributed by atoms with van der Waals surface area (Å²) >= 11 is 0. The fourth-order valence-corrected chi connectivity index (χ4v) is 2.49. The largest absolute Gasteiger partial charge is 0.496 e. The Bertz CT molecular complexity index is 684. The summed E-state index contributed by atoms with van der Waals surface area (Å²) in [5.74, 6) is 0.829. The number of aryl methyl sites for hydroxylation is 4. The summed E-state index contributed by atoms with van der Waals surface area (Å²) in [7, 11) is 3.49. The summed E-state index contributed by atoms with van der Waals surface area (Å²) in [6.45, 7) is 7.65. The molecule has 0 fully saturated rings. The number of rotatable bonds is 3. The summed E-state index contributed by atoms with van der Waals surface area (Å²) in [6, 6.07) is 3.80. The minimum Gasteiger partial charge on any atom is -0.496 e. The van der Waals surface area contributed by atoms with E-state index in [2.05, 4.69) is 5.10 Å². The summed E-state index contributed by atoms with van der Waals surface area (Å²) in [5, 5.41) is 4.31. The van der Waals surface area contributed by atoms with Crippen molar-refractivity contribution in [2.24, 2.45) is 7.05 Å². The molecule has 0 amide bonds. The number of benzene rings is 1. The fourth-order valence-electron chi connectivity index (χ4n) is 2.49. The third-order valence-corrected chi connectivity index (χ3v) is 3.72. The molecule has 4 heteroatoms. The topological polar surface area (TPSA) is 44.1 Å². The zero-order valence-corrected chi connectivity index (χ0v) is 12.9. The molecule has 1 aromatic carbocycles. The van der Waals surface area contributed by atoms with Gasteiger partial charge in [-0.15, -0.1) is 0 Å². The highest BCUT2D eigenvalue weighted by molar-refractivity contribution is 6.11. The average molecular weight is 272 g/mol. The van der Waals surface area contributed by atoms with Crippen molar-refractivity contribution >= 4 is 5.78 Å². The molecule has 0 aliphatic heterocycles. The first-order valence-electron chi connectivity index (χ1n) is 6.57. The van der Waals surface area contributed by atoms with Crippen LogP contribution in [0.1, 0.15) is 38.4 Å². The average Bonchev–Trinajstić information content (AvgIpc) is 2.65. The molecule has 0 saturated carbocycles. The number of carbonyl (C=O) groups is 1. The molecule has 2 aromatic rings. The Hall–Kier alpha value is -2.10. The number of aromatic nitrogens is 2. The SMILES string of the molecule is COc1cc(C)c(C(=O)c2c(C)nn(C)c2C)cc1C. The molecule has 1 heterocycles. The van der Waals surface area contributed by atoms with E-state index in [0.29, 0.717) is 11.1 Å². The normalized spacial score (nSPS) is 10.7. The van der Waals surface area contributed by atoms with Crippen molar-refractivity contribution < 1.29 is 9.53 Å². The van der Waals surface area contributed by atoms with Crippen LogP contribution >= 0.6 is 0 Å². The lowest BCUT2D eigenvalue weighted by molar-refractivity contribution is 0.103. The molecule has 0 N–H and O–H groups in total. The number of ketones is 1. The minimum atomic E-state index is 0.0244.